The van der Waals surface area contributed by atoms with Gasteiger partial charge in [-0.05, 0) is 32.3 Å². The normalized spacial score (nSPS) is 15.4. The molecule has 0 unspecified atom stereocenters. The van der Waals surface area contributed by atoms with Crippen LogP contribution in [0.15, 0.2) is 30.3 Å². The van der Waals surface area contributed by atoms with Crippen LogP contribution < -0.4 is 0 Å². The first kappa shape index (κ1) is 18.6. The van der Waals surface area contributed by atoms with Crippen molar-refractivity contribution < 1.29 is 14.3 Å². The molecule has 0 bridgehead atoms. The van der Waals surface area contributed by atoms with Crippen LogP contribution >= 0.6 is 11.6 Å². The molecule has 1 aromatic carbocycles. The van der Waals surface area contributed by atoms with Crippen LogP contribution in [0.4, 0.5) is 4.79 Å². The van der Waals surface area contributed by atoms with E-state index in [-0.39, 0.29) is 36.6 Å². The highest BCUT2D eigenvalue weighted by Crippen LogP contribution is 2.20. The van der Waals surface area contributed by atoms with E-state index in [0.29, 0.717) is 13.1 Å². The molecule has 0 aliphatic carbocycles. The first-order chi connectivity index (χ1) is 11.5. The van der Waals surface area contributed by atoms with Crippen molar-refractivity contribution in [3.8, 4) is 0 Å². The third-order valence-electron chi connectivity index (χ3n) is 4.30. The maximum Gasteiger partial charge on any atom is 0.410 e. The van der Waals surface area contributed by atoms with Gasteiger partial charge < -0.3 is 14.5 Å². The number of amides is 2. The summed E-state index contributed by atoms with van der Waals surface area (Å²) in [5, 5.41) is 0. The molecule has 5 nitrogen and oxygen atoms in total. The van der Waals surface area contributed by atoms with Gasteiger partial charge in [-0.15, -0.1) is 11.6 Å². The van der Waals surface area contributed by atoms with Gasteiger partial charge in [-0.3, -0.25) is 4.79 Å². The Morgan fingerprint density at radius 1 is 1.25 bits per heavy atom. The third-order valence-corrected chi connectivity index (χ3v) is 4.53. The lowest BCUT2D eigenvalue weighted by atomic mass is 10.0. The van der Waals surface area contributed by atoms with Crippen molar-refractivity contribution in [2.24, 2.45) is 0 Å². The van der Waals surface area contributed by atoms with Gasteiger partial charge in [0.1, 0.15) is 12.5 Å². The summed E-state index contributed by atoms with van der Waals surface area (Å²) in [4.78, 5) is 27.7. The molecule has 24 heavy (non-hydrogen) atoms. The standard InChI is InChI=1S/C18H25ClN2O3/c1-14(2)21(16-8-10-20(11-9-16)17(22)12-19)18(23)24-13-15-6-4-3-5-7-15/h3-7,14,16H,8-13H2,1-2H3. The number of alkyl halides is 1. The fraction of sp³-hybridized carbons (Fsp3) is 0.556. The monoisotopic (exact) mass is 352 g/mol. The number of ether oxygens (including phenoxy) is 1. The summed E-state index contributed by atoms with van der Waals surface area (Å²) in [7, 11) is 0. The van der Waals surface area contributed by atoms with Gasteiger partial charge in [-0.25, -0.2) is 4.79 Å². The Balaban J connectivity index is 1.92. The highest BCUT2D eigenvalue weighted by molar-refractivity contribution is 6.27. The fourth-order valence-corrected chi connectivity index (χ4v) is 3.22. The number of benzene rings is 1. The van der Waals surface area contributed by atoms with Gasteiger partial charge in [0.15, 0.2) is 0 Å². The number of rotatable bonds is 5. The molecule has 1 fully saturated rings. The molecule has 1 heterocycles. The fourth-order valence-electron chi connectivity index (χ4n) is 3.05. The van der Waals surface area contributed by atoms with Crippen molar-refractivity contribution >= 4 is 23.6 Å². The maximum atomic E-state index is 12.5. The molecular formula is C18H25ClN2O3. The van der Waals surface area contributed by atoms with E-state index >= 15 is 0 Å². The number of nitrogens with zero attached hydrogens (tertiary/aromatic N) is 2. The van der Waals surface area contributed by atoms with Gasteiger partial charge in [0.05, 0.1) is 0 Å². The average Bonchev–Trinajstić information content (AvgIpc) is 2.60. The van der Waals surface area contributed by atoms with Crippen molar-refractivity contribution in [2.75, 3.05) is 19.0 Å². The van der Waals surface area contributed by atoms with Crippen molar-refractivity contribution in [2.45, 2.75) is 45.4 Å². The topological polar surface area (TPSA) is 49.9 Å². The van der Waals surface area contributed by atoms with Crippen molar-refractivity contribution in [3.63, 3.8) is 0 Å². The van der Waals surface area contributed by atoms with E-state index < -0.39 is 0 Å². The molecule has 0 saturated carbocycles. The Kier molecular flexibility index (Phi) is 6.91. The zero-order valence-electron chi connectivity index (χ0n) is 14.3. The molecular weight excluding hydrogens is 328 g/mol. The van der Waals surface area contributed by atoms with Gasteiger partial charge in [-0.1, -0.05) is 30.3 Å². The SMILES string of the molecule is CC(C)N(C(=O)OCc1ccccc1)C1CCN(C(=O)CCl)CC1. The Labute approximate surface area is 148 Å². The summed E-state index contributed by atoms with van der Waals surface area (Å²) in [5.41, 5.74) is 0.970. The molecule has 1 aliphatic heterocycles. The van der Waals surface area contributed by atoms with Crippen LogP contribution in [0, 0.1) is 0 Å². The lowest BCUT2D eigenvalue weighted by molar-refractivity contribution is -0.130. The Morgan fingerprint density at radius 3 is 2.42 bits per heavy atom. The molecule has 132 valence electrons. The van der Waals surface area contributed by atoms with E-state index in [1.54, 1.807) is 9.80 Å². The van der Waals surface area contributed by atoms with Crippen molar-refractivity contribution in [3.05, 3.63) is 35.9 Å². The Bertz CT molecular complexity index is 542. The summed E-state index contributed by atoms with van der Waals surface area (Å²) < 4.78 is 5.49. The van der Waals surface area contributed by atoms with Gasteiger partial charge in [0, 0.05) is 25.2 Å². The van der Waals surface area contributed by atoms with E-state index in [4.69, 9.17) is 16.3 Å². The van der Waals surface area contributed by atoms with Gasteiger partial charge in [-0.2, -0.15) is 0 Å². The summed E-state index contributed by atoms with van der Waals surface area (Å²) in [6, 6.07) is 9.79. The van der Waals surface area contributed by atoms with Crippen LogP contribution in [0.25, 0.3) is 0 Å². The van der Waals surface area contributed by atoms with Gasteiger partial charge in [0.2, 0.25) is 5.91 Å². The van der Waals surface area contributed by atoms with Gasteiger partial charge in [0.25, 0.3) is 0 Å². The van der Waals surface area contributed by atoms with Crippen LogP contribution in [0.1, 0.15) is 32.3 Å². The number of hydrogen-bond acceptors (Lipinski definition) is 3. The van der Waals surface area contributed by atoms with E-state index in [0.717, 1.165) is 18.4 Å². The van der Waals surface area contributed by atoms with Crippen molar-refractivity contribution in [1.29, 1.82) is 0 Å². The first-order valence-corrected chi connectivity index (χ1v) is 8.89. The lowest BCUT2D eigenvalue weighted by Gasteiger charge is -2.39. The van der Waals surface area contributed by atoms with Gasteiger partial charge >= 0.3 is 6.09 Å². The smallest absolute Gasteiger partial charge is 0.410 e. The van der Waals surface area contributed by atoms with Crippen LogP contribution in [-0.2, 0) is 16.1 Å². The average molecular weight is 353 g/mol. The molecule has 2 amide bonds. The molecule has 0 aromatic heterocycles. The second-order valence-electron chi connectivity index (χ2n) is 6.29. The first-order valence-electron chi connectivity index (χ1n) is 8.35. The van der Waals surface area contributed by atoms with Crippen molar-refractivity contribution in [1.82, 2.24) is 9.80 Å². The number of carbonyl (C=O) groups excluding carboxylic acids is 2. The van der Waals surface area contributed by atoms with E-state index in [1.165, 1.54) is 0 Å². The number of halogens is 1. The molecule has 0 radical (unpaired) electrons. The molecule has 1 saturated heterocycles. The summed E-state index contributed by atoms with van der Waals surface area (Å²) in [6.45, 7) is 5.50. The Morgan fingerprint density at radius 2 is 1.88 bits per heavy atom. The number of likely N-dealkylation sites (tertiary alicyclic amines) is 1. The second-order valence-corrected chi connectivity index (χ2v) is 6.55. The van der Waals surface area contributed by atoms with E-state index in [9.17, 15) is 9.59 Å². The van der Waals surface area contributed by atoms with Crippen LogP contribution in [0.5, 0.6) is 0 Å². The van der Waals surface area contributed by atoms with E-state index in [2.05, 4.69) is 0 Å². The summed E-state index contributed by atoms with van der Waals surface area (Å²) >= 11 is 5.61. The molecule has 2 rings (SSSR count). The van der Waals surface area contributed by atoms with E-state index in [1.807, 2.05) is 44.2 Å². The third kappa shape index (κ3) is 4.87. The maximum absolute atomic E-state index is 12.5. The molecule has 1 aromatic rings. The molecule has 1 aliphatic rings. The Hall–Kier alpha value is -1.75. The number of carbonyl (C=O) groups is 2. The number of piperidine rings is 1. The zero-order chi connectivity index (χ0) is 17.5. The lowest BCUT2D eigenvalue weighted by Crippen LogP contribution is -2.51. The zero-order valence-corrected chi connectivity index (χ0v) is 15.0. The van der Waals surface area contributed by atoms with Crippen LogP contribution in [0.2, 0.25) is 0 Å². The minimum atomic E-state index is -0.295. The molecule has 0 N–H and O–H groups in total. The molecule has 0 atom stereocenters. The summed E-state index contributed by atoms with van der Waals surface area (Å²) in [5.74, 6) is -0.0321. The van der Waals surface area contributed by atoms with Crippen LogP contribution in [-0.4, -0.2) is 52.9 Å². The molecule has 0 spiro atoms. The molecule has 6 heteroatoms. The quantitative estimate of drug-likeness (QED) is 0.764. The highest BCUT2D eigenvalue weighted by atomic mass is 35.5. The minimum Gasteiger partial charge on any atom is -0.445 e. The summed E-state index contributed by atoms with van der Waals surface area (Å²) in [6.07, 6.45) is 1.21. The highest BCUT2D eigenvalue weighted by Gasteiger charge is 2.31. The largest absolute Gasteiger partial charge is 0.445 e. The second kappa shape index (κ2) is 8.92. The predicted molar refractivity (Wildman–Crippen MR) is 93.9 cm³/mol. The minimum absolute atomic E-state index is 0.0116. The predicted octanol–water partition coefficient (Wildman–Crippen LogP) is 3.26. The van der Waals surface area contributed by atoms with Crippen LogP contribution in [0.3, 0.4) is 0 Å². The number of hydrogen-bond donors (Lipinski definition) is 0.